The van der Waals surface area contributed by atoms with Crippen LogP contribution in [0.4, 0.5) is 0 Å². The highest BCUT2D eigenvalue weighted by molar-refractivity contribution is 5.98. The van der Waals surface area contributed by atoms with Crippen LogP contribution < -0.4 is 0 Å². The Bertz CT molecular complexity index is 568. The van der Waals surface area contributed by atoms with Crippen LogP contribution in [0.3, 0.4) is 0 Å². The van der Waals surface area contributed by atoms with E-state index < -0.39 is 0 Å². The van der Waals surface area contributed by atoms with Gasteiger partial charge in [-0.1, -0.05) is 29.8 Å². The Morgan fingerprint density at radius 2 is 1.72 bits per heavy atom. The summed E-state index contributed by atoms with van der Waals surface area (Å²) in [7, 11) is 0. The molecule has 1 aromatic rings. The summed E-state index contributed by atoms with van der Waals surface area (Å²) in [4.78, 5) is 37.5. The first-order chi connectivity index (χ1) is 12.0. The molecule has 0 heterocycles. The van der Waals surface area contributed by atoms with Gasteiger partial charge in [-0.15, -0.1) is 0 Å². The largest absolute Gasteiger partial charge is 0.466 e. The maximum atomic E-state index is 12.3. The van der Waals surface area contributed by atoms with Gasteiger partial charge in [0.1, 0.15) is 0 Å². The van der Waals surface area contributed by atoms with Crippen LogP contribution in [0.5, 0.6) is 0 Å². The van der Waals surface area contributed by atoms with E-state index in [1.165, 1.54) is 4.90 Å². The van der Waals surface area contributed by atoms with Gasteiger partial charge in [-0.2, -0.15) is 0 Å². The number of benzene rings is 1. The number of hydrogen-bond donors (Lipinski definition) is 1. The number of rotatable bonds is 11. The Morgan fingerprint density at radius 3 is 2.32 bits per heavy atom. The van der Waals surface area contributed by atoms with Crippen LogP contribution in [0.2, 0.25) is 0 Å². The summed E-state index contributed by atoms with van der Waals surface area (Å²) in [5.41, 5.74) is 1.66. The molecule has 0 atom stereocenters. The van der Waals surface area contributed by atoms with E-state index in [-0.39, 0.29) is 50.1 Å². The van der Waals surface area contributed by atoms with Crippen molar-refractivity contribution < 1.29 is 24.2 Å². The number of ether oxygens (including phenoxy) is 1. The molecule has 25 heavy (non-hydrogen) atoms. The molecule has 1 amide bonds. The first-order valence-electron chi connectivity index (χ1n) is 8.62. The second-order valence-electron chi connectivity index (χ2n) is 5.80. The van der Waals surface area contributed by atoms with Crippen molar-refractivity contribution in [2.75, 3.05) is 26.3 Å². The molecule has 0 bridgehead atoms. The molecule has 1 rings (SSSR count). The highest BCUT2D eigenvalue weighted by Gasteiger charge is 2.17. The second kappa shape index (κ2) is 11.4. The summed E-state index contributed by atoms with van der Waals surface area (Å²) < 4.78 is 4.86. The predicted octanol–water partition coefficient (Wildman–Crippen LogP) is 2.12. The number of hydrogen-bond acceptors (Lipinski definition) is 5. The average Bonchev–Trinajstić information content (AvgIpc) is 2.60. The van der Waals surface area contributed by atoms with Crippen molar-refractivity contribution in [2.24, 2.45) is 0 Å². The molecule has 0 radical (unpaired) electrons. The Kier molecular flexibility index (Phi) is 9.47. The fraction of sp³-hybridized carbons (Fsp3) is 0.526. The van der Waals surface area contributed by atoms with Crippen molar-refractivity contribution in [1.29, 1.82) is 0 Å². The molecule has 6 heteroatoms. The minimum Gasteiger partial charge on any atom is -0.466 e. The summed E-state index contributed by atoms with van der Waals surface area (Å²) in [6.07, 6.45) is 0.745. The third kappa shape index (κ3) is 7.94. The van der Waals surface area contributed by atoms with Gasteiger partial charge in [0.05, 0.1) is 13.0 Å². The molecule has 0 spiro atoms. The number of carbonyl (C=O) groups excluding carboxylic acids is 3. The number of aliphatic hydroxyl groups is 1. The number of nitrogens with zero attached hydrogens (tertiary/aromatic N) is 1. The van der Waals surface area contributed by atoms with Gasteiger partial charge < -0.3 is 14.7 Å². The molecule has 138 valence electrons. The lowest BCUT2D eigenvalue weighted by Crippen LogP contribution is -2.34. The molecule has 0 aliphatic heterocycles. The number of Topliss-reactive ketones (excluding diaryl/α,β-unsaturated/α-hetero) is 1. The minimum atomic E-state index is -0.361. The SMILES string of the molecule is CCOC(=O)CCN(CCCO)C(=O)CCC(=O)c1ccc(C)cc1. The van der Waals surface area contributed by atoms with Gasteiger partial charge >= 0.3 is 5.97 Å². The van der Waals surface area contributed by atoms with Gasteiger partial charge in [-0.25, -0.2) is 0 Å². The Labute approximate surface area is 148 Å². The molecule has 1 aromatic carbocycles. The van der Waals surface area contributed by atoms with E-state index in [0.717, 1.165) is 5.56 Å². The van der Waals surface area contributed by atoms with Gasteiger partial charge in [0.15, 0.2) is 5.78 Å². The fourth-order valence-corrected chi connectivity index (χ4v) is 2.34. The molecule has 0 aromatic heterocycles. The molecule has 1 N–H and O–H groups in total. The van der Waals surface area contributed by atoms with Crippen LogP contribution in [0.1, 0.15) is 48.5 Å². The minimum absolute atomic E-state index is 0.0362. The summed E-state index contributed by atoms with van der Waals surface area (Å²) >= 11 is 0. The number of ketones is 1. The van der Waals surface area contributed by atoms with Gasteiger partial charge in [-0.05, 0) is 20.3 Å². The average molecular weight is 349 g/mol. The van der Waals surface area contributed by atoms with E-state index in [4.69, 9.17) is 9.84 Å². The smallest absolute Gasteiger partial charge is 0.307 e. The quantitative estimate of drug-likeness (QED) is 0.489. The first kappa shape index (κ1) is 20.8. The number of aryl methyl sites for hydroxylation is 1. The molecule has 0 fully saturated rings. The van der Waals surface area contributed by atoms with E-state index in [1.54, 1.807) is 19.1 Å². The Morgan fingerprint density at radius 1 is 1.04 bits per heavy atom. The van der Waals surface area contributed by atoms with E-state index in [2.05, 4.69) is 0 Å². The van der Waals surface area contributed by atoms with Crippen molar-refractivity contribution in [3.8, 4) is 0 Å². The topological polar surface area (TPSA) is 83.9 Å². The molecule has 6 nitrogen and oxygen atoms in total. The maximum absolute atomic E-state index is 12.3. The lowest BCUT2D eigenvalue weighted by molar-refractivity contribution is -0.144. The van der Waals surface area contributed by atoms with E-state index >= 15 is 0 Å². The molecular weight excluding hydrogens is 322 g/mol. The van der Waals surface area contributed by atoms with Gasteiger partial charge in [0.2, 0.25) is 5.91 Å². The third-order valence-corrected chi connectivity index (χ3v) is 3.77. The summed E-state index contributed by atoms with van der Waals surface area (Å²) in [5, 5.41) is 8.96. The zero-order chi connectivity index (χ0) is 18.7. The predicted molar refractivity (Wildman–Crippen MR) is 94.3 cm³/mol. The van der Waals surface area contributed by atoms with Crippen molar-refractivity contribution in [1.82, 2.24) is 4.90 Å². The number of esters is 1. The summed E-state index contributed by atoms with van der Waals surface area (Å²) in [6.45, 7) is 4.52. The summed E-state index contributed by atoms with van der Waals surface area (Å²) in [5.74, 6) is -0.640. The molecule has 0 aliphatic rings. The molecule has 0 aliphatic carbocycles. The van der Waals surface area contributed by atoms with Crippen molar-refractivity contribution in [2.45, 2.75) is 39.5 Å². The normalized spacial score (nSPS) is 10.4. The van der Waals surface area contributed by atoms with Crippen LogP contribution in [0.15, 0.2) is 24.3 Å². The third-order valence-electron chi connectivity index (χ3n) is 3.77. The van der Waals surface area contributed by atoms with E-state index in [0.29, 0.717) is 25.1 Å². The van der Waals surface area contributed by atoms with E-state index in [9.17, 15) is 14.4 Å². The zero-order valence-corrected chi connectivity index (χ0v) is 15.0. The van der Waals surface area contributed by atoms with Gasteiger partial charge in [-0.3, -0.25) is 14.4 Å². The van der Waals surface area contributed by atoms with Crippen LogP contribution in [0.25, 0.3) is 0 Å². The van der Waals surface area contributed by atoms with Crippen LogP contribution in [-0.4, -0.2) is 54.0 Å². The van der Waals surface area contributed by atoms with Crippen LogP contribution >= 0.6 is 0 Å². The first-order valence-corrected chi connectivity index (χ1v) is 8.62. The second-order valence-corrected chi connectivity index (χ2v) is 5.80. The lowest BCUT2D eigenvalue weighted by atomic mass is 10.0. The Hall–Kier alpha value is -2.21. The lowest BCUT2D eigenvalue weighted by Gasteiger charge is -2.22. The molecule has 0 unspecified atom stereocenters. The molecule has 0 saturated heterocycles. The number of carbonyl (C=O) groups is 3. The molecular formula is C19H27NO5. The van der Waals surface area contributed by atoms with Crippen LogP contribution in [-0.2, 0) is 14.3 Å². The highest BCUT2D eigenvalue weighted by Crippen LogP contribution is 2.09. The maximum Gasteiger partial charge on any atom is 0.307 e. The monoisotopic (exact) mass is 349 g/mol. The van der Waals surface area contributed by atoms with Crippen molar-refractivity contribution in [3.05, 3.63) is 35.4 Å². The van der Waals surface area contributed by atoms with Gasteiger partial charge in [0.25, 0.3) is 0 Å². The Balaban J connectivity index is 2.53. The number of aliphatic hydroxyl groups excluding tert-OH is 1. The van der Waals surface area contributed by atoms with E-state index in [1.807, 2.05) is 19.1 Å². The van der Waals surface area contributed by atoms with Crippen molar-refractivity contribution >= 4 is 17.7 Å². The zero-order valence-electron chi connectivity index (χ0n) is 15.0. The standard InChI is InChI=1S/C19H27NO5/c1-3-25-19(24)11-13-20(12-4-14-21)18(23)10-9-17(22)16-7-5-15(2)6-8-16/h5-8,21H,3-4,9-14H2,1-2H3. The molecule has 0 saturated carbocycles. The highest BCUT2D eigenvalue weighted by atomic mass is 16.5. The summed E-state index contributed by atoms with van der Waals surface area (Å²) in [6, 6.07) is 7.24. The van der Waals surface area contributed by atoms with Crippen molar-refractivity contribution in [3.63, 3.8) is 0 Å². The number of amides is 1. The fourth-order valence-electron chi connectivity index (χ4n) is 2.34. The van der Waals surface area contributed by atoms with Crippen LogP contribution in [0, 0.1) is 6.92 Å². The van der Waals surface area contributed by atoms with Gasteiger partial charge in [0, 0.05) is 38.1 Å².